The molecule has 0 bridgehead atoms. The number of hydrogen-bond acceptors (Lipinski definition) is 4. The fourth-order valence-corrected chi connectivity index (χ4v) is 3.87. The number of amides is 2. The Morgan fingerprint density at radius 2 is 2.22 bits per heavy atom. The molecule has 0 saturated carbocycles. The molecule has 3 rings (SSSR count). The van der Waals surface area contributed by atoms with Crippen molar-refractivity contribution in [2.75, 3.05) is 5.73 Å². The Kier molecular flexibility index (Phi) is 4.94. The molecule has 122 valence electrons. The lowest BCUT2D eigenvalue weighted by Gasteiger charge is -2.22. The minimum atomic E-state index is -0.193. The monoisotopic (exact) mass is 370 g/mol. The number of carbonyl (C=O) groups excluding carboxylic acids is 1. The lowest BCUT2D eigenvalue weighted by Crippen LogP contribution is -2.44. The van der Waals surface area contributed by atoms with Crippen LogP contribution in [0.1, 0.15) is 22.6 Å². The summed E-state index contributed by atoms with van der Waals surface area (Å²) in [5.41, 5.74) is 7.70. The summed E-state index contributed by atoms with van der Waals surface area (Å²) >= 11 is 13.3. The fraction of sp³-hybridized carbons (Fsp3) is 0.333. The average molecular weight is 371 g/mol. The van der Waals surface area contributed by atoms with E-state index in [1.807, 2.05) is 6.07 Å². The third-order valence-corrected chi connectivity index (χ3v) is 5.42. The maximum atomic E-state index is 12.0. The third-order valence-electron chi connectivity index (χ3n) is 3.73. The molecule has 1 aliphatic carbocycles. The van der Waals surface area contributed by atoms with Crippen molar-refractivity contribution in [1.82, 2.24) is 15.6 Å². The summed E-state index contributed by atoms with van der Waals surface area (Å²) in [6, 6.07) is 5.21. The number of nitrogen functional groups attached to an aromatic ring is 1. The third kappa shape index (κ3) is 4.07. The van der Waals surface area contributed by atoms with Gasteiger partial charge >= 0.3 is 6.03 Å². The second-order valence-electron chi connectivity index (χ2n) is 5.44. The zero-order valence-corrected chi connectivity index (χ0v) is 14.6. The number of fused-ring (bicyclic) bond motifs is 1. The Balaban J connectivity index is 1.51. The van der Waals surface area contributed by atoms with E-state index in [0.29, 0.717) is 21.7 Å². The van der Waals surface area contributed by atoms with E-state index < -0.39 is 0 Å². The molecule has 2 aromatic rings. The Morgan fingerprint density at radius 3 is 3.00 bits per heavy atom. The highest BCUT2D eigenvalue weighted by Gasteiger charge is 2.23. The van der Waals surface area contributed by atoms with Crippen LogP contribution in [0.4, 0.5) is 9.93 Å². The first-order valence-electron chi connectivity index (χ1n) is 7.23. The van der Waals surface area contributed by atoms with E-state index in [0.717, 1.165) is 30.5 Å². The van der Waals surface area contributed by atoms with E-state index in [-0.39, 0.29) is 12.1 Å². The molecule has 23 heavy (non-hydrogen) atoms. The van der Waals surface area contributed by atoms with Crippen LogP contribution in [0.2, 0.25) is 10.0 Å². The van der Waals surface area contributed by atoms with Crippen molar-refractivity contribution in [2.45, 2.75) is 31.8 Å². The van der Waals surface area contributed by atoms with E-state index in [9.17, 15) is 4.79 Å². The summed E-state index contributed by atoms with van der Waals surface area (Å²) in [6.45, 7) is 0.397. The molecule has 0 aliphatic heterocycles. The lowest BCUT2D eigenvalue weighted by atomic mass is 9.98. The van der Waals surface area contributed by atoms with Crippen LogP contribution in [0.5, 0.6) is 0 Å². The topological polar surface area (TPSA) is 80.0 Å². The van der Waals surface area contributed by atoms with Crippen molar-refractivity contribution in [3.05, 3.63) is 44.4 Å². The van der Waals surface area contributed by atoms with Gasteiger partial charge in [-0.25, -0.2) is 9.78 Å². The molecule has 0 spiro atoms. The Labute approximate surface area is 148 Å². The van der Waals surface area contributed by atoms with Gasteiger partial charge in [0.25, 0.3) is 0 Å². The second-order valence-corrected chi connectivity index (χ2v) is 7.37. The van der Waals surface area contributed by atoms with Gasteiger partial charge in [-0.15, -0.1) is 11.3 Å². The molecule has 1 unspecified atom stereocenters. The summed E-state index contributed by atoms with van der Waals surface area (Å²) < 4.78 is 0. The molecule has 2 amide bonds. The standard InChI is InChI=1S/C15H16Cl2N4OS/c16-10-3-1-8(5-11(10)17)7-19-15(22)20-9-2-4-12-13(6-9)23-14(18)21-12/h1,3,5,9H,2,4,6-7H2,(H2,18,21)(H2,19,20,22). The van der Waals surface area contributed by atoms with Gasteiger partial charge in [0.05, 0.1) is 15.7 Å². The van der Waals surface area contributed by atoms with Crippen LogP contribution in [0.3, 0.4) is 0 Å². The normalized spacial score (nSPS) is 16.7. The number of benzene rings is 1. The minimum Gasteiger partial charge on any atom is -0.375 e. The van der Waals surface area contributed by atoms with Crippen molar-refractivity contribution in [3.63, 3.8) is 0 Å². The fourth-order valence-electron chi connectivity index (χ4n) is 2.59. The van der Waals surface area contributed by atoms with Crippen molar-refractivity contribution in [3.8, 4) is 0 Å². The Bertz CT molecular complexity index is 734. The number of anilines is 1. The number of thiazole rings is 1. The molecule has 1 atom stereocenters. The molecule has 1 aromatic carbocycles. The van der Waals surface area contributed by atoms with Crippen LogP contribution < -0.4 is 16.4 Å². The summed E-state index contributed by atoms with van der Waals surface area (Å²) in [5.74, 6) is 0. The zero-order valence-electron chi connectivity index (χ0n) is 12.2. The number of carbonyl (C=O) groups is 1. The number of rotatable bonds is 3. The number of urea groups is 1. The Morgan fingerprint density at radius 1 is 1.39 bits per heavy atom. The van der Waals surface area contributed by atoms with E-state index in [1.165, 1.54) is 16.2 Å². The van der Waals surface area contributed by atoms with Crippen LogP contribution >= 0.6 is 34.5 Å². The molecule has 4 N–H and O–H groups in total. The molecule has 1 aromatic heterocycles. The maximum Gasteiger partial charge on any atom is 0.315 e. The van der Waals surface area contributed by atoms with Crippen molar-refractivity contribution >= 4 is 45.7 Å². The highest BCUT2D eigenvalue weighted by molar-refractivity contribution is 7.15. The minimum absolute atomic E-state index is 0.108. The van der Waals surface area contributed by atoms with Gasteiger partial charge in [-0.05, 0) is 30.5 Å². The molecule has 5 nitrogen and oxygen atoms in total. The van der Waals surface area contributed by atoms with Crippen molar-refractivity contribution < 1.29 is 4.79 Å². The number of nitrogens with one attached hydrogen (secondary N) is 2. The molecule has 0 saturated heterocycles. The number of aryl methyl sites for hydroxylation is 1. The lowest BCUT2D eigenvalue weighted by molar-refractivity contribution is 0.235. The molecule has 8 heteroatoms. The molecule has 0 fully saturated rings. The number of nitrogens with zero attached hydrogens (tertiary/aromatic N) is 1. The summed E-state index contributed by atoms with van der Waals surface area (Å²) in [6.07, 6.45) is 2.50. The SMILES string of the molecule is Nc1nc2c(s1)CC(NC(=O)NCc1ccc(Cl)c(Cl)c1)CC2. The van der Waals surface area contributed by atoms with Gasteiger partial charge < -0.3 is 16.4 Å². The molecule has 1 aliphatic rings. The van der Waals surface area contributed by atoms with Crippen LogP contribution in [-0.2, 0) is 19.4 Å². The first-order valence-corrected chi connectivity index (χ1v) is 8.81. The molecular formula is C15H16Cl2N4OS. The predicted molar refractivity (Wildman–Crippen MR) is 94.2 cm³/mol. The molecular weight excluding hydrogens is 355 g/mol. The quantitative estimate of drug-likeness (QED) is 0.774. The molecule has 1 heterocycles. The van der Waals surface area contributed by atoms with Gasteiger partial charge in [0, 0.05) is 23.9 Å². The highest BCUT2D eigenvalue weighted by Crippen LogP contribution is 2.28. The first-order chi connectivity index (χ1) is 11.0. The number of nitrogens with two attached hydrogens (primary N) is 1. The van der Waals surface area contributed by atoms with E-state index in [1.54, 1.807) is 12.1 Å². The van der Waals surface area contributed by atoms with Gasteiger partial charge in [-0.3, -0.25) is 0 Å². The van der Waals surface area contributed by atoms with Crippen LogP contribution in [0, 0.1) is 0 Å². The highest BCUT2D eigenvalue weighted by atomic mass is 35.5. The zero-order chi connectivity index (χ0) is 16.4. The number of hydrogen-bond donors (Lipinski definition) is 3. The van der Waals surface area contributed by atoms with E-state index in [2.05, 4.69) is 15.6 Å². The summed E-state index contributed by atoms with van der Waals surface area (Å²) in [5, 5.41) is 7.41. The average Bonchev–Trinajstić information content (AvgIpc) is 2.88. The Hall–Kier alpha value is -1.50. The smallest absolute Gasteiger partial charge is 0.315 e. The van der Waals surface area contributed by atoms with Crippen LogP contribution in [0.25, 0.3) is 0 Å². The second kappa shape index (κ2) is 6.95. The first kappa shape index (κ1) is 16.4. The maximum absolute atomic E-state index is 12.0. The van der Waals surface area contributed by atoms with Crippen LogP contribution in [0.15, 0.2) is 18.2 Å². The van der Waals surface area contributed by atoms with Crippen molar-refractivity contribution in [2.24, 2.45) is 0 Å². The number of aromatic nitrogens is 1. The number of halogens is 2. The van der Waals surface area contributed by atoms with Gasteiger partial charge in [0.1, 0.15) is 0 Å². The summed E-state index contributed by atoms with van der Waals surface area (Å²) in [7, 11) is 0. The molecule has 0 radical (unpaired) electrons. The van der Waals surface area contributed by atoms with Gasteiger partial charge in [-0.2, -0.15) is 0 Å². The van der Waals surface area contributed by atoms with E-state index >= 15 is 0 Å². The predicted octanol–water partition coefficient (Wildman–Crippen LogP) is 3.39. The van der Waals surface area contributed by atoms with E-state index in [4.69, 9.17) is 28.9 Å². The van der Waals surface area contributed by atoms with Gasteiger partial charge in [-0.1, -0.05) is 29.3 Å². The summed E-state index contributed by atoms with van der Waals surface area (Å²) in [4.78, 5) is 17.5. The van der Waals surface area contributed by atoms with Crippen LogP contribution in [-0.4, -0.2) is 17.1 Å². The van der Waals surface area contributed by atoms with Gasteiger partial charge in [0.2, 0.25) is 0 Å². The van der Waals surface area contributed by atoms with Gasteiger partial charge in [0.15, 0.2) is 5.13 Å². The van der Waals surface area contributed by atoms with Crippen molar-refractivity contribution in [1.29, 1.82) is 0 Å². The largest absolute Gasteiger partial charge is 0.375 e.